The summed E-state index contributed by atoms with van der Waals surface area (Å²) in [6.45, 7) is 12.5. The Hall–Kier alpha value is -9.42. The number of anilines is 2. The van der Waals surface area contributed by atoms with Gasteiger partial charge < -0.3 is 84.2 Å². The Balaban J connectivity index is 0.000000199. The molecule has 2 saturated heterocycles. The number of likely N-dealkylation sites (N-methyl/N-ethyl adjacent to an activating group) is 2. The molecule has 4 aliphatic rings. The minimum absolute atomic E-state index is 0.0444. The van der Waals surface area contributed by atoms with Gasteiger partial charge in [0, 0.05) is 115 Å². The highest BCUT2D eigenvalue weighted by atomic mass is 16.5. The summed E-state index contributed by atoms with van der Waals surface area (Å²) in [4.78, 5) is 81.3. The molecule has 0 unspecified atom stereocenters. The number of amides is 4. The summed E-state index contributed by atoms with van der Waals surface area (Å²) in [5.74, 6) is 1.84. The molecular weight excluding hydrogens is 1190 g/mol. The number of phenols is 1. The van der Waals surface area contributed by atoms with Crippen molar-refractivity contribution in [2.45, 2.75) is 64.5 Å². The highest BCUT2D eigenvalue weighted by Crippen LogP contribution is 2.52. The molecule has 0 radical (unpaired) electrons. The Morgan fingerprint density at radius 1 is 0.495 bits per heavy atom. The summed E-state index contributed by atoms with van der Waals surface area (Å²) in [5.41, 5.74) is 8.92. The van der Waals surface area contributed by atoms with Gasteiger partial charge in [0.2, 0.25) is 35.1 Å². The number of nitrogens with one attached hydrogen (secondary N) is 4. The van der Waals surface area contributed by atoms with Crippen LogP contribution in [0.4, 0.5) is 11.4 Å². The number of nitrogens with zero attached hydrogens (tertiary/aromatic N) is 4. The maximum atomic E-state index is 13.2. The van der Waals surface area contributed by atoms with Gasteiger partial charge in [-0.1, -0.05) is 12.1 Å². The molecule has 10 rings (SSSR count). The van der Waals surface area contributed by atoms with Crippen molar-refractivity contribution in [1.82, 2.24) is 30.2 Å². The van der Waals surface area contributed by atoms with Gasteiger partial charge in [0.05, 0.1) is 65.9 Å². The van der Waals surface area contributed by atoms with Crippen molar-refractivity contribution in [2.75, 3.05) is 133 Å². The molecule has 4 amide bonds. The Bertz CT molecular complexity index is 3620. The van der Waals surface area contributed by atoms with Crippen molar-refractivity contribution in [3.63, 3.8) is 0 Å². The number of hydrogen-bond acceptors (Lipinski definition) is 18. The van der Waals surface area contributed by atoms with Crippen molar-refractivity contribution in [3.05, 3.63) is 130 Å². The number of methoxy groups -OCH3 is 6. The third-order valence-corrected chi connectivity index (χ3v) is 16.9. The lowest BCUT2D eigenvalue weighted by Crippen LogP contribution is -2.45. The molecule has 2 aliphatic carbocycles. The number of aromatic hydroxyl groups is 1. The van der Waals surface area contributed by atoms with E-state index in [4.69, 9.17) is 38.3 Å². The van der Waals surface area contributed by atoms with Gasteiger partial charge in [-0.3, -0.25) is 19.2 Å². The van der Waals surface area contributed by atoms with Gasteiger partial charge in [0.25, 0.3) is 0 Å². The molecule has 496 valence electrons. The number of carbonyl (C=O) groups is 6. The SMILES string of the molecule is CN1CCN(CCC(=O)Nc2ccc(C(=O)O)cc2)CC1.COc1cc2c(c(OC)c1OC)-c1ccc(O)cc1[C@@H](NC(C)=O)CC2.COc1cc2c(c(OC)c1OC)-c1ccc(OC(=O)c3ccc(NC(=O)CCN4CCN(C)CC4)cc3)cc1[C@@H](NC(C)=O)CC2. The summed E-state index contributed by atoms with van der Waals surface area (Å²) in [6.07, 6.45) is 3.51. The van der Waals surface area contributed by atoms with E-state index in [0.29, 0.717) is 102 Å². The first-order valence-corrected chi connectivity index (χ1v) is 31.0. The topological polar surface area (TPSA) is 269 Å². The first-order valence-electron chi connectivity index (χ1n) is 31.0. The molecule has 2 atom stereocenters. The summed E-state index contributed by atoms with van der Waals surface area (Å²) >= 11 is 0. The molecule has 2 aliphatic heterocycles. The molecule has 2 heterocycles. The highest BCUT2D eigenvalue weighted by molar-refractivity contribution is 5.95. The maximum absolute atomic E-state index is 13.2. The van der Waals surface area contributed by atoms with Crippen LogP contribution < -0.4 is 54.4 Å². The van der Waals surface area contributed by atoms with E-state index in [1.54, 1.807) is 103 Å². The Morgan fingerprint density at radius 2 is 0.903 bits per heavy atom. The molecular formula is C70H86N8O15. The lowest BCUT2D eigenvalue weighted by atomic mass is 9.93. The first kappa shape index (κ1) is 69.5. The van der Waals surface area contributed by atoms with Crippen LogP contribution in [0.15, 0.2) is 97.1 Å². The highest BCUT2D eigenvalue weighted by Gasteiger charge is 2.32. The van der Waals surface area contributed by atoms with Gasteiger partial charge in [-0.25, -0.2) is 9.59 Å². The molecule has 0 bridgehead atoms. The number of fused-ring (bicyclic) bond motifs is 6. The summed E-state index contributed by atoms with van der Waals surface area (Å²) in [5, 5.41) is 30.5. The number of aryl methyl sites for hydroxylation is 2. The van der Waals surface area contributed by atoms with E-state index in [-0.39, 0.29) is 47.0 Å². The molecule has 6 aromatic rings. The number of carboxylic acids is 1. The Labute approximate surface area is 543 Å². The number of esters is 1. The van der Waals surface area contributed by atoms with Crippen molar-refractivity contribution in [1.29, 1.82) is 0 Å². The van der Waals surface area contributed by atoms with E-state index in [1.165, 1.54) is 26.0 Å². The molecule has 2 fully saturated rings. The average Bonchev–Trinajstić information content (AvgIpc) is 1.75. The van der Waals surface area contributed by atoms with Crippen LogP contribution in [-0.2, 0) is 32.0 Å². The van der Waals surface area contributed by atoms with E-state index in [0.717, 1.165) is 103 Å². The van der Waals surface area contributed by atoms with Crippen LogP contribution >= 0.6 is 0 Å². The van der Waals surface area contributed by atoms with E-state index in [1.807, 2.05) is 24.3 Å². The van der Waals surface area contributed by atoms with Crippen LogP contribution in [-0.4, -0.2) is 188 Å². The molecule has 0 aromatic heterocycles. The molecule has 93 heavy (non-hydrogen) atoms. The average molecular weight is 1280 g/mol. The van der Waals surface area contributed by atoms with Gasteiger partial charge in [0.1, 0.15) is 11.5 Å². The maximum Gasteiger partial charge on any atom is 0.343 e. The third-order valence-electron chi connectivity index (χ3n) is 16.9. The minimum atomic E-state index is -0.969. The fourth-order valence-electron chi connectivity index (χ4n) is 11.9. The van der Waals surface area contributed by atoms with E-state index in [2.05, 4.69) is 55.0 Å². The van der Waals surface area contributed by atoms with Gasteiger partial charge in [-0.15, -0.1) is 0 Å². The van der Waals surface area contributed by atoms with E-state index < -0.39 is 11.9 Å². The molecule has 23 heteroatoms. The van der Waals surface area contributed by atoms with Crippen LogP contribution in [0.5, 0.6) is 46.0 Å². The van der Waals surface area contributed by atoms with Gasteiger partial charge >= 0.3 is 11.9 Å². The first-order chi connectivity index (χ1) is 44.7. The predicted molar refractivity (Wildman–Crippen MR) is 354 cm³/mol. The molecule has 0 saturated carbocycles. The smallest absolute Gasteiger partial charge is 0.343 e. The number of hydrogen-bond donors (Lipinski definition) is 6. The van der Waals surface area contributed by atoms with Crippen LogP contribution in [0.3, 0.4) is 0 Å². The van der Waals surface area contributed by atoms with Crippen molar-refractivity contribution < 1.29 is 72.1 Å². The number of ether oxygens (including phenoxy) is 7. The van der Waals surface area contributed by atoms with Gasteiger partial charge in [-0.05, 0) is 158 Å². The number of carbonyl (C=O) groups excluding carboxylic acids is 5. The van der Waals surface area contributed by atoms with Gasteiger partial charge in [0.15, 0.2) is 23.0 Å². The number of aromatic carboxylic acids is 1. The standard InChI is InChI=1S/C35H42N4O7.C20H23NO5.C15H21N3O3/c1-22(40)36-29-13-8-24-20-30(43-3)33(44-4)34(45-5)32(24)27-12-11-26(21-28(27)29)46-35(42)23-6-9-25(10-7-23)37-31(41)14-15-39-18-16-38(2)17-19-39;1-11(22)21-16-8-5-12-9-17(24-2)19(25-3)20(26-4)18(12)14-7-6-13(23)10-15(14)16;1-17-8-10-18(11-9-17)7-6-14(19)16-13-4-2-12(3-5-13)15(20)21/h6-7,9-12,20-21,29H,8,13-19H2,1-5H3,(H,36,40)(H,37,41);6-7,9-10,16,23H,5,8H2,1-4H3,(H,21,22);2-5H,6-11H2,1H3,(H,16,19)(H,20,21)/t29-;16-;/m00./s1. The monoisotopic (exact) mass is 1280 g/mol. The number of rotatable bonds is 19. The lowest BCUT2D eigenvalue weighted by Gasteiger charge is -2.32. The largest absolute Gasteiger partial charge is 0.508 e. The molecule has 0 spiro atoms. The predicted octanol–water partition coefficient (Wildman–Crippen LogP) is 8.47. The number of benzene rings is 6. The fourth-order valence-corrected chi connectivity index (χ4v) is 11.9. The van der Waals surface area contributed by atoms with Crippen molar-refractivity contribution in [3.8, 4) is 68.2 Å². The van der Waals surface area contributed by atoms with Crippen LogP contribution in [0, 0.1) is 0 Å². The third kappa shape index (κ3) is 18.0. The zero-order chi connectivity index (χ0) is 66.9. The van der Waals surface area contributed by atoms with Crippen LogP contribution in [0.2, 0.25) is 0 Å². The second-order valence-corrected chi connectivity index (χ2v) is 23.2. The van der Waals surface area contributed by atoms with Crippen molar-refractivity contribution in [2.24, 2.45) is 0 Å². The molecule has 6 aromatic carbocycles. The molecule has 6 N–H and O–H groups in total. The van der Waals surface area contributed by atoms with E-state index >= 15 is 0 Å². The number of phenolic OH excluding ortho intramolecular Hbond substituents is 1. The Morgan fingerprint density at radius 3 is 1.30 bits per heavy atom. The summed E-state index contributed by atoms with van der Waals surface area (Å²) in [7, 11) is 13.7. The zero-order valence-electron chi connectivity index (χ0n) is 54.7. The van der Waals surface area contributed by atoms with Crippen LogP contribution in [0.1, 0.15) is 94.6 Å². The second kappa shape index (κ2) is 32.7. The zero-order valence-corrected chi connectivity index (χ0v) is 54.7. The van der Waals surface area contributed by atoms with Crippen molar-refractivity contribution >= 4 is 46.9 Å². The fraction of sp³-hybridized carbons (Fsp3) is 0.400. The normalized spacial score (nSPS) is 16.1. The summed E-state index contributed by atoms with van der Waals surface area (Å²) in [6, 6.07) is 26.7. The number of carboxylic acid groups (broad SMARTS) is 1. The minimum Gasteiger partial charge on any atom is -0.508 e. The second-order valence-electron chi connectivity index (χ2n) is 23.2. The number of piperazine rings is 2. The Kier molecular flexibility index (Phi) is 24.4. The van der Waals surface area contributed by atoms with E-state index in [9.17, 15) is 33.9 Å². The van der Waals surface area contributed by atoms with Crippen LogP contribution in [0.25, 0.3) is 22.3 Å². The quantitative estimate of drug-likeness (QED) is 0.0328. The molecule has 23 nitrogen and oxygen atoms in total. The lowest BCUT2D eigenvalue weighted by molar-refractivity contribution is -0.120. The van der Waals surface area contributed by atoms with Gasteiger partial charge in [-0.2, -0.15) is 0 Å². The summed E-state index contributed by atoms with van der Waals surface area (Å²) < 4.78 is 39.5.